The largest absolute Gasteiger partial charge is 0.469 e. The number of nitrogens with zero attached hydrogens (tertiary/aromatic N) is 3. The quantitative estimate of drug-likeness (QED) is 0.698. The third-order valence-electron chi connectivity index (χ3n) is 4.86. The standard InChI is InChI=1S/C20H23N5O2/c26-19-18(13-17-7-4-12-27-17)23-24-20(22-19)21-16-8-10-25(11-9-16)14-15-5-2-1-3-6-15/h1-7,12,16H,8-11,13-14H2,(H2,21,22,24,26). The number of H-pyrrole nitrogens is 1. The molecule has 2 N–H and O–H groups in total. The Bertz CT molecular complexity index is 900. The van der Waals surface area contributed by atoms with Crippen molar-refractivity contribution in [3.8, 4) is 0 Å². The van der Waals surface area contributed by atoms with E-state index in [0.717, 1.165) is 32.5 Å². The minimum atomic E-state index is -0.231. The van der Waals surface area contributed by atoms with Gasteiger partial charge in [0, 0.05) is 25.7 Å². The van der Waals surface area contributed by atoms with Crippen molar-refractivity contribution in [1.29, 1.82) is 0 Å². The Morgan fingerprint density at radius 1 is 1.11 bits per heavy atom. The molecule has 1 aromatic carbocycles. The summed E-state index contributed by atoms with van der Waals surface area (Å²) in [4.78, 5) is 17.5. The number of piperidine rings is 1. The molecular formula is C20H23N5O2. The second kappa shape index (κ2) is 8.18. The van der Waals surface area contributed by atoms with Crippen LogP contribution in [0.2, 0.25) is 0 Å². The van der Waals surface area contributed by atoms with Crippen LogP contribution in [0.1, 0.15) is 29.9 Å². The molecule has 0 bridgehead atoms. The van der Waals surface area contributed by atoms with Gasteiger partial charge in [-0.05, 0) is 30.5 Å². The topological polar surface area (TPSA) is 87.0 Å². The number of hydrogen-bond donors (Lipinski definition) is 2. The fraction of sp³-hybridized carbons (Fsp3) is 0.350. The van der Waals surface area contributed by atoms with Gasteiger partial charge < -0.3 is 9.73 Å². The summed E-state index contributed by atoms with van der Waals surface area (Å²) in [6.45, 7) is 3.01. The Balaban J connectivity index is 1.30. The lowest BCUT2D eigenvalue weighted by molar-refractivity contribution is 0.211. The predicted octanol–water partition coefficient (Wildman–Crippen LogP) is 2.43. The van der Waals surface area contributed by atoms with Crippen LogP contribution in [0.25, 0.3) is 0 Å². The maximum Gasteiger partial charge on any atom is 0.274 e. The maximum atomic E-state index is 12.2. The second-order valence-electron chi connectivity index (χ2n) is 6.89. The van der Waals surface area contributed by atoms with Crippen molar-refractivity contribution >= 4 is 5.95 Å². The molecule has 1 fully saturated rings. The Morgan fingerprint density at radius 3 is 2.63 bits per heavy atom. The normalized spacial score (nSPS) is 15.7. The van der Waals surface area contributed by atoms with Crippen molar-refractivity contribution in [2.45, 2.75) is 31.8 Å². The number of nitrogens with one attached hydrogen (secondary N) is 2. The number of hydrogen-bond acceptors (Lipinski definition) is 6. The molecule has 3 aromatic rings. The summed E-state index contributed by atoms with van der Waals surface area (Å²) in [5, 5.41) is 11.5. The summed E-state index contributed by atoms with van der Waals surface area (Å²) in [6, 6.07) is 14.4. The van der Waals surface area contributed by atoms with E-state index in [-0.39, 0.29) is 11.6 Å². The van der Waals surface area contributed by atoms with Gasteiger partial charge in [-0.2, -0.15) is 0 Å². The summed E-state index contributed by atoms with van der Waals surface area (Å²) in [5.41, 5.74) is 1.46. The molecule has 3 heterocycles. The SMILES string of the molecule is O=c1[nH]c(NC2CCN(Cc3ccccc3)CC2)nnc1Cc1ccco1. The number of likely N-dealkylation sites (tertiary alicyclic amines) is 1. The fourth-order valence-corrected chi connectivity index (χ4v) is 3.39. The number of aromatic amines is 1. The molecule has 4 rings (SSSR count). The Kier molecular flexibility index (Phi) is 5.29. The van der Waals surface area contributed by atoms with Crippen LogP contribution in [-0.4, -0.2) is 39.2 Å². The number of anilines is 1. The van der Waals surface area contributed by atoms with E-state index in [2.05, 4.69) is 49.7 Å². The van der Waals surface area contributed by atoms with Gasteiger partial charge in [0.05, 0.1) is 12.7 Å². The van der Waals surface area contributed by atoms with Crippen molar-refractivity contribution in [2.75, 3.05) is 18.4 Å². The smallest absolute Gasteiger partial charge is 0.274 e. The first-order valence-corrected chi connectivity index (χ1v) is 9.27. The highest BCUT2D eigenvalue weighted by atomic mass is 16.3. The van der Waals surface area contributed by atoms with Crippen LogP contribution in [0.3, 0.4) is 0 Å². The van der Waals surface area contributed by atoms with Gasteiger partial charge in [-0.3, -0.25) is 14.7 Å². The Morgan fingerprint density at radius 2 is 1.93 bits per heavy atom. The zero-order chi connectivity index (χ0) is 18.5. The van der Waals surface area contributed by atoms with Gasteiger partial charge in [0.25, 0.3) is 5.56 Å². The number of furan rings is 1. The Hall–Kier alpha value is -2.93. The van der Waals surface area contributed by atoms with Crippen LogP contribution in [0.15, 0.2) is 57.9 Å². The minimum absolute atomic E-state index is 0.231. The molecule has 7 nitrogen and oxygen atoms in total. The van der Waals surface area contributed by atoms with E-state index >= 15 is 0 Å². The summed E-state index contributed by atoms with van der Waals surface area (Å²) in [6.07, 6.45) is 3.93. The van der Waals surface area contributed by atoms with E-state index in [9.17, 15) is 4.79 Å². The van der Waals surface area contributed by atoms with Gasteiger partial charge in [-0.15, -0.1) is 10.2 Å². The summed E-state index contributed by atoms with van der Waals surface area (Å²) < 4.78 is 5.26. The van der Waals surface area contributed by atoms with Crippen LogP contribution in [0.4, 0.5) is 5.95 Å². The van der Waals surface area contributed by atoms with E-state index in [1.807, 2.05) is 12.1 Å². The average Bonchev–Trinajstić information content (AvgIpc) is 3.20. The van der Waals surface area contributed by atoms with Crippen LogP contribution in [0.5, 0.6) is 0 Å². The number of rotatable bonds is 6. The summed E-state index contributed by atoms with van der Waals surface area (Å²) >= 11 is 0. The van der Waals surface area contributed by atoms with Crippen molar-refractivity contribution < 1.29 is 4.42 Å². The Labute approximate surface area is 157 Å². The molecule has 0 amide bonds. The summed E-state index contributed by atoms with van der Waals surface area (Å²) in [5.74, 6) is 1.13. The van der Waals surface area contributed by atoms with Crippen molar-refractivity contribution in [1.82, 2.24) is 20.1 Å². The minimum Gasteiger partial charge on any atom is -0.469 e. The maximum absolute atomic E-state index is 12.2. The number of aromatic nitrogens is 3. The first-order chi connectivity index (χ1) is 13.3. The van der Waals surface area contributed by atoms with Crippen LogP contribution >= 0.6 is 0 Å². The highest BCUT2D eigenvalue weighted by molar-refractivity contribution is 5.25. The van der Waals surface area contributed by atoms with E-state index in [1.165, 1.54) is 5.56 Å². The molecule has 0 unspecified atom stereocenters. The first-order valence-electron chi connectivity index (χ1n) is 9.27. The monoisotopic (exact) mass is 365 g/mol. The third-order valence-corrected chi connectivity index (χ3v) is 4.86. The lowest BCUT2D eigenvalue weighted by Gasteiger charge is -2.32. The van der Waals surface area contributed by atoms with Gasteiger partial charge >= 0.3 is 0 Å². The lowest BCUT2D eigenvalue weighted by atomic mass is 10.0. The fourth-order valence-electron chi connectivity index (χ4n) is 3.39. The highest BCUT2D eigenvalue weighted by Crippen LogP contribution is 2.16. The van der Waals surface area contributed by atoms with Crippen LogP contribution < -0.4 is 10.9 Å². The molecule has 0 saturated carbocycles. The number of benzene rings is 1. The molecule has 0 radical (unpaired) electrons. The molecule has 1 aliphatic rings. The van der Waals surface area contributed by atoms with Gasteiger partial charge in [-0.1, -0.05) is 30.3 Å². The van der Waals surface area contributed by atoms with Gasteiger partial charge in [-0.25, -0.2) is 0 Å². The van der Waals surface area contributed by atoms with Crippen molar-refractivity contribution in [3.63, 3.8) is 0 Å². The molecule has 0 atom stereocenters. The van der Waals surface area contributed by atoms with Crippen molar-refractivity contribution in [2.24, 2.45) is 0 Å². The van der Waals surface area contributed by atoms with Gasteiger partial charge in [0.15, 0.2) is 0 Å². The zero-order valence-electron chi connectivity index (χ0n) is 15.1. The summed E-state index contributed by atoms with van der Waals surface area (Å²) in [7, 11) is 0. The van der Waals surface area contributed by atoms with E-state index in [0.29, 0.717) is 23.8 Å². The molecule has 27 heavy (non-hydrogen) atoms. The molecule has 1 aliphatic heterocycles. The predicted molar refractivity (Wildman–Crippen MR) is 103 cm³/mol. The molecule has 7 heteroatoms. The van der Waals surface area contributed by atoms with Gasteiger partial charge in [0.1, 0.15) is 11.5 Å². The third kappa shape index (κ3) is 4.62. The highest BCUT2D eigenvalue weighted by Gasteiger charge is 2.20. The van der Waals surface area contributed by atoms with E-state index in [4.69, 9.17) is 4.42 Å². The van der Waals surface area contributed by atoms with E-state index in [1.54, 1.807) is 12.3 Å². The molecule has 0 spiro atoms. The molecular weight excluding hydrogens is 342 g/mol. The van der Waals surface area contributed by atoms with Crippen LogP contribution in [0, 0.1) is 0 Å². The van der Waals surface area contributed by atoms with Gasteiger partial charge in [0.2, 0.25) is 5.95 Å². The first kappa shape index (κ1) is 17.5. The molecule has 140 valence electrons. The van der Waals surface area contributed by atoms with Crippen LogP contribution in [-0.2, 0) is 13.0 Å². The van der Waals surface area contributed by atoms with Crippen molar-refractivity contribution in [3.05, 3.63) is 76.1 Å². The lowest BCUT2D eigenvalue weighted by Crippen LogP contribution is -2.39. The average molecular weight is 365 g/mol. The molecule has 1 saturated heterocycles. The van der Waals surface area contributed by atoms with E-state index < -0.39 is 0 Å². The second-order valence-corrected chi connectivity index (χ2v) is 6.89. The molecule has 0 aliphatic carbocycles. The zero-order valence-corrected chi connectivity index (χ0v) is 15.1. The molecule has 2 aromatic heterocycles.